The van der Waals surface area contributed by atoms with Gasteiger partial charge in [-0.2, -0.15) is 0 Å². The fraction of sp³-hybridized carbons (Fsp3) is 0.167. The molecule has 1 rings (SSSR count). The van der Waals surface area contributed by atoms with E-state index in [2.05, 4.69) is 4.42 Å². The molecular weight excluding hydrogens is 136 g/mol. The highest BCUT2D eigenvalue weighted by Crippen LogP contribution is 1.79. The maximum absolute atomic E-state index is 9.12. The molecule has 1 aromatic rings. The second kappa shape index (κ2) is 5.84. The predicted octanol–water partition coefficient (Wildman–Crippen LogP) is 0.343. The van der Waals surface area contributed by atoms with E-state index in [-0.39, 0.29) is 0 Å². The largest absolute Gasteiger partial charge is 0.480 e. The molecule has 0 saturated carbocycles. The average molecular weight is 144 g/mol. The van der Waals surface area contributed by atoms with Crippen LogP contribution in [0.15, 0.2) is 29.1 Å². The van der Waals surface area contributed by atoms with E-state index in [1.165, 1.54) is 0 Å². The molecule has 0 aliphatic carbocycles. The van der Waals surface area contributed by atoms with Gasteiger partial charge >= 0.3 is 5.97 Å². The van der Waals surface area contributed by atoms with Gasteiger partial charge in [-0.15, -0.1) is 0 Å². The molecule has 0 aliphatic heterocycles. The van der Waals surface area contributed by atoms with Gasteiger partial charge in [0.2, 0.25) is 0 Å². The first-order valence-electron chi connectivity index (χ1n) is 2.57. The van der Waals surface area contributed by atoms with Crippen molar-refractivity contribution in [3.8, 4) is 0 Å². The van der Waals surface area contributed by atoms with Crippen LogP contribution >= 0.6 is 0 Å². The first-order valence-corrected chi connectivity index (χ1v) is 2.57. The van der Waals surface area contributed by atoms with Crippen molar-refractivity contribution in [3.63, 3.8) is 0 Å². The van der Waals surface area contributed by atoms with Gasteiger partial charge in [-0.1, -0.05) is 0 Å². The SMILES string of the molecule is O=C(O)CO.c1ccoc1. The van der Waals surface area contributed by atoms with Crippen LogP contribution in [0, 0.1) is 0 Å². The first kappa shape index (κ1) is 8.71. The molecule has 0 aromatic carbocycles. The van der Waals surface area contributed by atoms with Gasteiger partial charge in [-0.25, -0.2) is 4.79 Å². The molecule has 0 atom stereocenters. The van der Waals surface area contributed by atoms with Crippen molar-refractivity contribution in [2.24, 2.45) is 0 Å². The summed E-state index contributed by atoms with van der Waals surface area (Å²) in [6, 6.07) is 3.67. The zero-order valence-electron chi connectivity index (χ0n) is 5.23. The fourth-order valence-electron chi connectivity index (χ4n) is 0.227. The number of carboxylic acids is 1. The minimum absolute atomic E-state index is 0.778. The highest BCUT2D eigenvalue weighted by Gasteiger charge is 1.82. The van der Waals surface area contributed by atoms with E-state index >= 15 is 0 Å². The molecule has 0 radical (unpaired) electrons. The van der Waals surface area contributed by atoms with Crippen LogP contribution in [0.4, 0.5) is 0 Å². The molecule has 56 valence electrons. The number of aliphatic hydroxyl groups is 1. The van der Waals surface area contributed by atoms with Crippen molar-refractivity contribution >= 4 is 5.97 Å². The number of aliphatic carboxylic acids is 1. The minimum atomic E-state index is -1.19. The van der Waals surface area contributed by atoms with E-state index in [4.69, 9.17) is 15.0 Å². The Hall–Kier alpha value is -1.29. The molecule has 2 N–H and O–H groups in total. The standard InChI is InChI=1S/C4H4O.C2H4O3/c1-2-4-5-3-1;3-1-2(4)5/h1-4H;3H,1H2,(H,4,5). The highest BCUT2D eigenvalue weighted by atomic mass is 16.4. The molecular formula is C6H8O4. The second-order valence-electron chi connectivity index (χ2n) is 1.35. The zero-order chi connectivity index (χ0) is 7.82. The number of carboxylic acid groups (broad SMARTS) is 1. The lowest BCUT2D eigenvalue weighted by atomic mass is 10.7. The van der Waals surface area contributed by atoms with E-state index in [0.29, 0.717) is 0 Å². The second-order valence-corrected chi connectivity index (χ2v) is 1.35. The summed E-state index contributed by atoms with van der Waals surface area (Å²) in [6.45, 7) is -0.778. The smallest absolute Gasteiger partial charge is 0.329 e. The van der Waals surface area contributed by atoms with Crippen LogP contribution in [0.5, 0.6) is 0 Å². The summed E-state index contributed by atoms with van der Waals surface area (Å²) in [5.41, 5.74) is 0. The molecule has 1 aromatic heterocycles. The Balaban J connectivity index is 0.000000162. The fourth-order valence-corrected chi connectivity index (χ4v) is 0.227. The van der Waals surface area contributed by atoms with E-state index in [9.17, 15) is 0 Å². The lowest BCUT2D eigenvalue weighted by molar-refractivity contribution is -0.140. The maximum atomic E-state index is 9.12. The summed E-state index contributed by atoms with van der Waals surface area (Å²) in [5.74, 6) is -1.19. The van der Waals surface area contributed by atoms with Crippen LogP contribution in [-0.2, 0) is 4.79 Å². The lowest BCUT2D eigenvalue weighted by Crippen LogP contribution is -1.98. The number of furan rings is 1. The molecule has 0 saturated heterocycles. The van der Waals surface area contributed by atoms with Crippen molar-refractivity contribution in [1.29, 1.82) is 0 Å². The lowest BCUT2D eigenvalue weighted by Gasteiger charge is -1.72. The van der Waals surface area contributed by atoms with Crippen LogP contribution in [0.25, 0.3) is 0 Å². The number of carbonyl (C=O) groups is 1. The van der Waals surface area contributed by atoms with E-state index in [1.807, 2.05) is 12.1 Å². The van der Waals surface area contributed by atoms with Crippen LogP contribution in [0.3, 0.4) is 0 Å². The van der Waals surface area contributed by atoms with Gasteiger partial charge in [-0.05, 0) is 12.1 Å². The Morgan fingerprint density at radius 1 is 1.40 bits per heavy atom. The Bertz CT molecular complexity index is 139. The summed E-state index contributed by atoms with van der Waals surface area (Å²) in [5, 5.41) is 15.0. The van der Waals surface area contributed by atoms with E-state index in [1.54, 1.807) is 12.5 Å². The molecule has 4 nitrogen and oxygen atoms in total. The number of hydrogen-bond acceptors (Lipinski definition) is 3. The summed E-state index contributed by atoms with van der Waals surface area (Å²) >= 11 is 0. The quantitative estimate of drug-likeness (QED) is 0.596. The third-order valence-corrected chi connectivity index (χ3v) is 0.561. The summed E-state index contributed by atoms with van der Waals surface area (Å²) in [4.78, 5) is 9.12. The molecule has 0 unspecified atom stereocenters. The van der Waals surface area contributed by atoms with Gasteiger partial charge in [0.25, 0.3) is 0 Å². The van der Waals surface area contributed by atoms with E-state index in [0.717, 1.165) is 0 Å². The Kier molecular flexibility index (Phi) is 5.09. The number of aliphatic hydroxyl groups excluding tert-OH is 1. The van der Waals surface area contributed by atoms with Crippen LogP contribution < -0.4 is 0 Å². The van der Waals surface area contributed by atoms with Crippen molar-refractivity contribution in [2.45, 2.75) is 0 Å². The third-order valence-electron chi connectivity index (χ3n) is 0.561. The summed E-state index contributed by atoms with van der Waals surface area (Å²) in [7, 11) is 0. The maximum Gasteiger partial charge on any atom is 0.329 e. The molecule has 0 amide bonds. The topological polar surface area (TPSA) is 70.7 Å². The number of hydrogen-bond donors (Lipinski definition) is 2. The molecule has 0 aliphatic rings. The van der Waals surface area contributed by atoms with Crippen LogP contribution in [0.2, 0.25) is 0 Å². The third kappa shape index (κ3) is 6.71. The molecule has 0 bridgehead atoms. The summed E-state index contributed by atoms with van der Waals surface area (Å²) in [6.07, 6.45) is 3.25. The summed E-state index contributed by atoms with van der Waals surface area (Å²) < 4.78 is 4.58. The molecule has 0 fully saturated rings. The Labute approximate surface area is 57.7 Å². The monoisotopic (exact) mass is 144 g/mol. The van der Waals surface area contributed by atoms with Gasteiger partial charge in [0, 0.05) is 0 Å². The number of rotatable bonds is 1. The normalized spacial score (nSPS) is 7.70. The van der Waals surface area contributed by atoms with Gasteiger partial charge in [0.05, 0.1) is 12.5 Å². The van der Waals surface area contributed by atoms with Crippen molar-refractivity contribution in [3.05, 3.63) is 24.7 Å². The van der Waals surface area contributed by atoms with Gasteiger partial charge < -0.3 is 14.6 Å². The molecule has 4 heteroatoms. The van der Waals surface area contributed by atoms with Crippen molar-refractivity contribution in [1.82, 2.24) is 0 Å². The zero-order valence-corrected chi connectivity index (χ0v) is 5.23. The van der Waals surface area contributed by atoms with Gasteiger partial charge in [0.15, 0.2) is 0 Å². The van der Waals surface area contributed by atoms with Gasteiger partial charge in [-0.3, -0.25) is 0 Å². The predicted molar refractivity (Wildman–Crippen MR) is 33.4 cm³/mol. The highest BCUT2D eigenvalue weighted by molar-refractivity contribution is 5.67. The van der Waals surface area contributed by atoms with E-state index < -0.39 is 12.6 Å². The Morgan fingerprint density at radius 3 is 1.90 bits per heavy atom. The Morgan fingerprint density at radius 2 is 1.80 bits per heavy atom. The first-order chi connectivity index (χ1) is 4.77. The molecule has 1 heterocycles. The molecule has 10 heavy (non-hydrogen) atoms. The van der Waals surface area contributed by atoms with Crippen LogP contribution in [-0.4, -0.2) is 22.8 Å². The van der Waals surface area contributed by atoms with Crippen molar-refractivity contribution < 1.29 is 19.4 Å². The van der Waals surface area contributed by atoms with Crippen LogP contribution in [0.1, 0.15) is 0 Å². The average Bonchev–Trinajstić information content (AvgIpc) is 2.43. The van der Waals surface area contributed by atoms with Gasteiger partial charge in [0.1, 0.15) is 6.61 Å². The van der Waals surface area contributed by atoms with Crippen molar-refractivity contribution in [2.75, 3.05) is 6.61 Å². The minimum Gasteiger partial charge on any atom is -0.480 e. The molecule has 0 spiro atoms.